The van der Waals surface area contributed by atoms with Crippen LogP contribution in [0.25, 0.3) is 10.9 Å². The van der Waals surface area contributed by atoms with Gasteiger partial charge in [-0.05, 0) is 19.1 Å². The highest BCUT2D eigenvalue weighted by Gasteiger charge is 2.09. The zero-order chi connectivity index (χ0) is 14.8. The van der Waals surface area contributed by atoms with Crippen molar-refractivity contribution in [3.63, 3.8) is 0 Å². The predicted molar refractivity (Wildman–Crippen MR) is 91.8 cm³/mol. The van der Waals surface area contributed by atoms with Crippen molar-refractivity contribution in [2.75, 3.05) is 5.32 Å². The van der Waals surface area contributed by atoms with Crippen molar-refractivity contribution in [2.45, 2.75) is 13.5 Å². The van der Waals surface area contributed by atoms with Crippen molar-refractivity contribution in [3.05, 3.63) is 52.0 Å². The number of anilines is 1. The molecule has 0 fully saturated rings. The number of aryl methyl sites for hydroxylation is 1. The molecule has 0 spiro atoms. The van der Waals surface area contributed by atoms with Gasteiger partial charge in [-0.1, -0.05) is 30.4 Å². The third kappa shape index (κ3) is 3.01. The third-order valence-electron chi connectivity index (χ3n) is 3.09. The van der Waals surface area contributed by atoms with Gasteiger partial charge in [-0.25, -0.2) is 9.97 Å². The molecule has 0 saturated heterocycles. The Bertz CT molecular complexity index is 810. The second-order valence-electron chi connectivity index (χ2n) is 4.65. The maximum atomic E-state index is 5.82. The number of hydrogen-bond donors (Lipinski definition) is 2. The van der Waals surface area contributed by atoms with Crippen LogP contribution in [-0.2, 0) is 6.54 Å². The summed E-state index contributed by atoms with van der Waals surface area (Å²) in [6, 6.07) is 9.87. The van der Waals surface area contributed by atoms with Crippen LogP contribution in [0, 0.1) is 6.92 Å². The first-order valence-corrected chi connectivity index (χ1v) is 7.77. The van der Waals surface area contributed by atoms with Crippen LogP contribution in [-0.4, -0.2) is 15.0 Å². The Hall–Kier alpha value is -2.05. The zero-order valence-corrected chi connectivity index (χ0v) is 13.1. The molecule has 0 saturated carbocycles. The van der Waals surface area contributed by atoms with Crippen LogP contribution in [0.4, 0.5) is 5.82 Å². The molecular formula is C15H14N4S2. The Kier molecular flexibility index (Phi) is 3.81. The largest absolute Gasteiger partial charge is 0.389 e. The Morgan fingerprint density at radius 2 is 2.14 bits per heavy atom. The van der Waals surface area contributed by atoms with E-state index < -0.39 is 0 Å². The van der Waals surface area contributed by atoms with Crippen molar-refractivity contribution in [1.29, 1.82) is 0 Å². The number of aromatic nitrogens is 2. The van der Waals surface area contributed by atoms with Gasteiger partial charge in [-0.2, -0.15) is 0 Å². The Morgan fingerprint density at radius 1 is 1.33 bits per heavy atom. The number of thiazole rings is 1. The molecule has 0 atom stereocenters. The van der Waals surface area contributed by atoms with Crippen LogP contribution in [0.3, 0.4) is 0 Å². The van der Waals surface area contributed by atoms with E-state index in [2.05, 4.69) is 15.3 Å². The smallest absolute Gasteiger partial charge is 0.137 e. The highest BCUT2D eigenvalue weighted by molar-refractivity contribution is 7.80. The molecule has 0 unspecified atom stereocenters. The van der Waals surface area contributed by atoms with Gasteiger partial charge in [0.1, 0.15) is 10.8 Å². The van der Waals surface area contributed by atoms with Crippen molar-refractivity contribution >= 4 is 45.3 Å². The number of thiocarbonyl (C=S) groups is 1. The summed E-state index contributed by atoms with van der Waals surface area (Å²) >= 11 is 6.76. The minimum atomic E-state index is 0.338. The zero-order valence-electron chi connectivity index (χ0n) is 11.5. The van der Waals surface area contributed by atoms with Gasteiger partial charge in [0.15, 0.2) is 0 Å². The summed E-state index contributed by atoms with van der Waals surface area (Å²) in [5.74, 6) is 0.701. The first kappa shape index (κ1) is 13.9. The van der Waals surface area contributed by atoms with Gasteiger partial charge in [0.05, 0.1) is 28.3 Å². The molecule has 0 bridgehead atoms. The number of nitrogens with zero attached hydrogens (tertiary/aromatic N) is 2. The van der Waals surface area contributed by atoms with E-state index in [1.165, 1.54) is 0 Å². The van der Waals surface area contributed by atoms with E-state index >= 15 is 0 Å². The van der Waals surface area contributed by atoms with Gasteiger partial charge in [-0.15, -0.1) is 11.3 Å². The van der Waals surface area contributed by atoms with Crippen molar-refractivity contribution < 1.29 is 0 Å². The maximum Gasteiger partial charge on any atom is 0.137 e. The third-order valence-corrected chi connectivity index (χ3v) is 4.14. The van der Waals surface area contributed by atoms with Crippen LogP contribution in [0.2, 0.25) is 0 Å². The summed E-state index contributed by atoms with van der Waals surface area (Å²) in [5.41, 5.74) is 8.48. The molecular weight excluding hydrogens is 300 g/mol. The fraction of sp³-hybridized carbons (Fsp3) is 0.133. The average molecular weight is 314 g/mol. The average Bonchev–Trinajstić information content (AvgIpc) is 2.89. The molecule has 0 radical (unpaired) electrons. The monoisotopic (exact) mass is 314 g/mol. The molecule has 0 aliphatic heterocycles. The van der Waals surface area contributed by atoms with E-state index in [4.69, 9.17) is 18.0 Å². The van der Waals surface area contributed by atoms with E-state index in [1.54, 1.807) is 11.3 Å². The lowest BCUT2D eigenvalue weighted by atomic mass is 10.1. The van der Waals surface area contributed by atoms with Gasteiger partial charge < -0.3 is 11.1 Å². The molecule has 21 heavy (non-hydrogen) atoms. The lowest BCUT2D eigenvalue weighted by Gasteiger charge is -2.11. The molecule has 0 aliphatic rings. The SMILES string of the molecule is Cc1nc(CNc2nc3ccccc3cc2C(N)=S)cs1. The standard InChI is InChI=1S/C15H14N4S2/c1-9-18-11(8-21-9)7-17-15-12(14(16)20)6-10-4-2-3-5-13(10)19-15/h2-6,8H,7H2,1H3,(H2,16,20)(H,17,19). The van der Waals surface area contributed by atoms with Gasteiger partial charge in [0, 0.05) is 10.8 Å². The Labute approximate surface area is 132 Å². The first-order chi connectivity index (χ1) is 10.1. The summed E-state index contributed by atoms with van der Waals surface area (Å²) in [6.45, 7) is 2.59. The summed E-state index contributed by atoms with van der Waals surface area (Å²) in [6.07, 6.45) is 0. The van der Waals surface area contributed by atoms with E-state index in [1.807, 2.05) is 42.6 Å². The summed E-state index contributed by atoms with van der Waals surface area (Å²) < 4.78 is 0. The fourth-order valence-electron chi connectivity index (χ4n) is 2.10. The highest BCUT2D eigenvalue weighted by Crippen LogP contribution is 2.21. The molecule has 1 aromatic carbocycles. The van der Waals surface area contributed by atoms with Crippen LogP contribution in [0.1, 0.15) is 16.3 Å². The molecule has 0 amide bonds. The number of fused-ring (bicyclic) bond motifs is 1. The van der Waals surface area contributed by atoms with Crippen molar-refractivity contribution in [1.82, 2.24) is 9.97 Å². The van der Waals surface area contributed by atoms with E-state index in [9.17, 15) is 0 Å². The minimum absolute atomic E-state index is 0.338. The van der Waals surface area contributed by atoms with E-state index in [0.29, 0.717) is 17.4 Å². The van der Waals surface area contributed by atoms with Gasteiger partial charge in [0.2, 0.25) is 0 Å². The van der Waals surface area contributed by atoms with Crippen LogP contribution < -0.4 is 11.1 Å². The fourth-order valence-corrected chi connectivity index (χ4v) is 2.87. The number of nitrogens with one attached hydrogen (secondary N) is 1. The van der Waals surface area contributed by atoms with Crippen LogP contribution in [0.5, 0.6) is 0 Å². The van der Waals surface area contributed by atoms with Crippen LogP contribution in [0.15, 0.2) is 35.7 Å². The highest BCUT2D eigenvalue weighted by atomic mass is 32.1. The topological polar surface area (TPSA) is 63.8 Å². The molecule has 2 heterocycles. The lowest BCUT2D eigenvalue weighted by Crippen LogP contribution is -2.14. The molecule has 2 aromatic heterocycles. The number of benzene rings is 1. The van der Waals surface area contributed by atoms with E-state index in [-0.39, 0.29) is 0 Å². The molecule has 6 heteroatoms. The normalized spacial score (nSPS) is 10.7. The van der Waals surface area contributed by atoms with Crippen molar-refractivity contribution in [2.24, 2.45) is 5.73 Å². The molecule has 0 aliphatic carbocycles. The van der Waals surface area contributed by atoms with Crippen LogP contribution >= 0.6 is 23.6 Å². The van der Waals surface area contributed by atoms with E-state index in [0.717, 1.165) is 27.2 Å². The summed E-state index contributed by atoms with van der Waals surface area (Å²) in [7, 11) is 0. The quantitative estimate of drug-likeness (QED) is 0.724. The number of para-hydroxylation sites is 1. The summed E-state index contributed by atoms with van der Waals surface area (Å²) in [4.78, 5) is 9.38. The maximum absolute atomic E-state index is 5.82. The molecule has 4 nitrogen and oxygen atoms in total. The number of rotatable bonds is 4. The van der Waals surface area contributed by atoms with Gasteiger partial charge >= 0.3 is 0 Å². The van der Waals surface area contributed by atoms with Gasteiger partial charge in [0.25, 0.3) is 0 Å². The Balaban J connectivity index is 1.95. The lowest BCUT2D eigenvalue weighted by molar-refractivity contribution is 1.04. The van der Waals surface area contributed by atoms with Crippen molar-refractivity contribution in [3.8, 4) is 0 Å². The number of pyridine rings is 1. The summed E-state index contributed by atoms with van der Waals surface area (Å²) in [5, 5.41) is 7.39. The number of nitrogens with two attached hydrogens (primary N) is 1. The molecule has 3 N–H and O–H groups in total. The minimum Gasteiger partial charge on any atom is -0.389 e. The molecule has 3 aromatic rings. The first-order valence-electron chi connectivity index (χ1n) is 6.48. The predicted octanol–water partition coefficient (Wildman–Crippen LogP) is 3.25. The molecule has 3 rings (SSSR count). The Morgan fingerprint density at radius 3 is 2.86 bits per heavy atom. The van der Waals surface area contributed by atoms with Gasteiger partial charge in [-0.3, -0.25) is 0 Å². The second-order valence-corrected chi connectivity index (χ2v) is 6.15. The number of hydrogen-bond acceptors (Lipinski definition) is 5. The molecule has 106 valence electrons. The second kappa shape index (κ2) is 5.75.